The van der Waals surface area contributed by atoms with Crippen LogP contribution in [0.3, 0.4) is 0 Å². The number of aromatic hydroxyl groups is 1. The molecule has 1 heterocycles. The number of carbonyl (C=O) groups is 5. The highest BCUT2D eigenvalue weighted by Gasteiger charge is 2.53. The van der Waals surface area contributed by atoms with Crippen LogP contribution >= 0.6 is 0 Å². The number of benzene rings is 2. The molecule has 5 atom stereocenters. The average molecular weight is 605 g/mol. The molecule has 14 nitrogen and oxygen atoms in total. The van der Waals surface area contributed by atoms with Crippen molar-refractivity contribution in [2.24, 2.45) is 0 Å². The Morgan fingerprint density at radius 3 is 1.86 bits per heavy atom. The van der Waals surface area contributed by atoms with Gasteiger partial charge in [-0.1, -0.05) is 0 Å². The summed E-state index contributed by atoms with van der Waals surface area (Å²) in [5.74, 6) is -3.05. The maximum absolute atomic E-state index is 12.7. The van der Waals surface area contributed by atoms with Crippen molar-refractivity contribution in [2.75, 3.05) is 20.3 Å². The second kappa shape index (κ2) is 14.9. The van der Waals surface area contributed by atoms with Crippen LogP contribution in [0.4, 0.5) is 0 Å². The summed E-state index contributed by atoms with van der Waals surface area (Å²) < 4.78 is 43.4. The van der Waals surface area contributed by atoms with Crippen molar-refractivity contribution in [3.05, 3.63) is 48.0 Å². The van der Waals surface area contributed by atoms with E-state index in [1.807, 2.05) is 0 Å². The molecule has 0 saturated carbocycles. The molecule has 3 rings (SSSR count). The summed E-state index contributed by atoms with van der Waals surface area (Å²) in [6.45, 7) is 3.62. The lowest BCUT2D eigenvalue weighted by molar-refractivity contribution is -0.288. The number of carbonyl (C=O) groups excluding carboxylic acids is 5. The molecule has 0 aromatic heterocycles. The molecule has 0 amide bonds. The molecule has 1 N–H and O–H groups in total. The molecule has 1 saturated heterocycles. The number of hydrogen-bond acceptors (Lipinski definition) is 14. The van der Waals surface area contributed by atoms with Gasteiger partial charge in [0.1, 0.15) is 35.7 Å². The zero-order valence-corrected chi connectivity index (χ0v) is 24.1. The summed E-state index contributed by atoms with van der Waals surface area (Å²) in [5.41, 5.74) is -0.0672. The Morgan fingerprint density at radius 1 is 0.744 bits per heavy atom. The number of esters is 4. The summed E-state index contributed by atoms with van der Waals surface area (Å²) in [6, 6.07) is 10.3. The van der Waals surface area contributed by atoms with Gasteiger partial charge in [0.25, 0.3) is 0 Å². The van der Waals surface area contributed by atoms with E-state index in [0.717, 1.165) is 33.8 Å². The lowest BCUT2D eigenvalue weighted by Crippen LogP contribution is -2.63. The van der Waals surface area contributed by atoms with E-state index in [9.17, 15) is 29.1 Å². The summed E-state index contributed by atoms with van der Waals surface area (Å²) in [6.07, 6.45) is -7.00. The lowest BCUT2D eigenvalue weighted by atomic mass is 9.98. The highest BCUT2D eigenvalue weighted by molar-refractivity contribution is 5.99. The number of rotatable bonds is 12. The molecule has 2 aromatic rings. The van der Waals surface area contributed by atoms with Gasteiger partial charge in [0.05, 0.1) is 12.7 Å². The molecule has 14 heteroatoms. The third-order valence-corrected chi connectivity index (χ3v) is 5.90. The van der Waals surface area contributed by atoms with Crippen molar-refractivity contribution in [3.8, 4) is 23.0 Å². The van der Waals surface area contributed by atoms with Crippen LogP contribution < -0.4 is 14.2 Å². The van der Waals surface area contributed by atoms with E-state index in [4.69, 9.17) is 37.9 Å². The highest BCUT2D eigenvalue weighted by atomic mass is 16.7. The molecule has 1 aliphatic heterocycles. The van der Waals surface area contributed by atoms with Gasteiger partial charge in [-0.05, 0) is 36.4 Å². The molecule has 2 aromatic carbocycles. The van der Waals surface area contributed by atoms with Crippen LogP contribution in [0.15, 0.2) is 42.5 Å². The second-order valence-corrected chi connectivity index (χ2v) is 9.25. The topological polar surface area (TPSA) is 179 Å². The van der Waals surface area contributed by atoms with Gasteiger partial charge in [-0.2, -0.15) is 0 Å². The fourth-order valence-electron chi connectivity index (χ4n) is 4.14. The third-order valence-electron chi connectivity index (χ3n) is 5.90. The standard InChI is InChI=1S/C29H32O14/c1-15(30)37-14-25-26(39-16(2)31)27(40-17(3)32)28(41-18(4)33)29(43-25)42-21-10-11-22(23(34)12-21)24(35)13-38-20-8-6-19(36-5)7-9-20/h6-12,25-29,34H,13-14H2,1-5H3/t25-,26+,27+,28-,29-/m0/s1. The first kappa shape index (κ1) is 32.7. The molecule has 1 fully saturated rings. The summed E-state index contributed by atoms with van der Waals surface area (Å²) in [7, 11) is 1.52. The fraction of sp³-hybridized carbons (Fsp3) is 0.414. The van der Waals surface area contributed by atoms with Crippen LogP contribution in [0.1, 0.15) is 38.1 Å². The molecular weight excluding hydrogens is 572 g/mol. The van der Waals surface area contributed by atoms with Crippen molar-refractivity contribution in [2.45, 2.75) is 58.4 Å². The van der Waals surface area contributed by atoms with Gasteiger partial charge in [-0.15, -0.1) is 0 Å². The van der Waals surface area contributed by atoms with E-state index in [1.165, 1.54) is 19.2 Å². The lowest BCUT2D eigenvalue weighted by Gasteiger charge is -2.43. The quantitative estimate of drug-likeness (QED) is 0.211. The number of hydrogen-bond donors (Lipinski definition) is 1. The predicted molar refractivity (Wildman–Crippen MR) is 144 cm³/mol. The van der Waals surface area contributed by atoms with Crippen LogP contribution in [0.2, 0.25) is 0 Å². The van der Waals surface area contributed by atoms with E-state index in [1.54, 1.807) is 24.3 Å². The van der Waals surface area contributed by atoms with Crippen LogP contribution in [0, 0.1) is 0 Å². The Morgan fingerprint density at radius 2 is 1.30 bits per heavy atom. The number of ketones is 1. The molecular formula is C29H32O14. The van der Waals surface area contributed by atoms with Gasteiger partial charge >= 0.3 is 23.9 Å². The number of phenolic OH excluding ortho intramolecular Hbond substituents is 1. The Balaban J connectivity index is 1.84. The van der Waals surface area contributed by atoms with Crippen LogP contribution in [0.25, 0.3) is 0 Å². The first-order valence-corrected chi connectivity index (χ1v) is 13.0. The third kappa shape index (κ3) is 9.33. The van der Waals surface area contributed by atoms with Crippen LogP contribution in [-0.2, 0) is 42.9 Å². The SMILES string of the molecule is COc1ccc(OCC(=O)c2ccc(O[C@H]3O[C@@H](COC(C)=O)[C@@H](OC(C)=O)[C@@H](OC(C)=O)[C@@H]3OC(C)=O)cc2O)cc1. The van der Waals surface area contributed by atoms with Crippen molar-refractivity contribution in [1.82, 2.24) is 0 Å². The zero-order chi connectivity index (χ0) is 31.7. The summed E-state index contributed by atoms with van der Waals surface area (Å²) >= 11 is 0. The Kier molecular flexibility index (Phi) is 11.3. The van der Waals surface area contributed by atoms with Gasteiger partial charge in [-0.3, -0.25) is 24.0 Å². The molecule has 0 bridgehead atoms. The molecule has 1 aliphatic rings. The maximum atomic E-state index is 12.7. The first-order chi connectivity index (χ1) is 20.4. The van der Waals surface area contributed by atoms with Crippen molar-refractivity contribution in [3.63, 3.8) is 0 Å². The molecule has 0 unspecified atom stereocenters. The molecule has 0 radical (unpaired) electrons. The number of Topliss-reactive ketones (excluding diaryl/α,β-unsaturated/α-hetero) is 1. The van der Waals surface area contributed by atoms with E-state index in [0.29, 0.717) is 11.5 Å². The van der Waals surface area contributed by atoms with Crippen molar-refractivity contribution in [1.29, 1.82) is 0 Å². The monoisotopic (exact) mass is 604 g/mol. The van der Waals surface area contributed by atoms with Crippen molar-refractivity contribution >= 4 is 29.7 Å². The Hall–Kier alpha value is -4.85. The number of methoxy groups -OCH3 is 1. The Bertz CT molecular complexity index is 1320. The highest BCUT2D eigenvalue weighted by Crippen LogP contribution is 2.32. The van der Waals surface area contributed by atoms with Gasteiger partial charge < -0.3 is 43.0 Å². The van der Waals surface area contributed by atoms with E-state index < -0.39 is 72.7 Å². The molecule has 43 heavy (non-hydrogen) atoms. The minimum Gasteiger partial charge on any atom is -0.507 e. The average Bonchev–Trinajstić information content (AvgIpc) is 2.93. The zero-order valence-electron chi connectivity index (χ0n) is 24.1. The molecule has 0 spiro atoms. The van der Waals surface area contributed by atoms with E-state index >= 15 is 0 Å². The van der Waals surface area contributed by atoms with Gasteiger partial charge in [0, 0.05) is 33.8 Å². The normalized spacial score (nSPS) is 21.1. The minimum absolute atomic E-state index is 0.0361. The van der Waals surface area contributed by atoms with Gasteiger partial charge in [0.15, 0.2) is 18.8 Å². The van der Waals surface area contributed by atoms with Crippen LogP contribution in [-0.4, -0.2) is 85.8 Å². The summed E-state index contributed by atoms with van der Waals surface area (Å²) in [5, 5.41) is 10.6. The van der Waals surface area contributed by atoms with E-state index in [-0.39, 0.29) is 17.9 Å². The molecule has 0 aliphatic carbocycles. The van der Waals surface area contributed by atoms with Gasteiger partial charge in [0.2, 0.25) is 18.2 Å². The maximum Gasteiger partial charge on any atom is 0.303 e. The van der Waals surface area contributed by atoms with Crippen LogP contribution in [0.5, 0.6) is 23.0 Å². The van der Waals surface area contributed by atoms with Gasteiger partial charge in [-0.25, -0.2) is 0 Å². The summed E-state index contributed by atoms with van der Waals surface area (Å²) in [4.78, 5) is 60.0. The minimum atomic E-state index is -1.51. The Labute approximate surface area is 246 Å². The molecule has 232 valence electrons. The smallest absolute Gasteiger partial charge is 0.303 e. The fourth-order valence-corrected chi connectivity index (χ4v) is 4.14. The number of ether oxygens (including phenoxy) is 8. The van der Waals surface area contributed by atoms with E-state index in [2.05, 4.69) is 0 Å². The number of phenols is 1. The van der Waals surface area contributed by atoms with Crippen molar-refractivity contribution < 1.29 is 67.0 Å². The largest absolute Gasteiger partial charge is 0.507 e. The predicted octanol–water partition coefficient (Wildman–Crippen LogP) is 2.12. The second-order valence-electron chi connectivity index (χ2n) is 9.25. The first-order valence-electron chi connectivity index (χ1n) is 13.0.